The SMILES string of the molecule is CCCCSc1cccc(CN(CCC(=O)O)Cc2c(F)ccc(C)c2F)c1. The zero-order valence-electron chi connectivity index (χ0n) is 16.4. The van der Waals surface area contributed by atoms with Gasteiger partial charge in [-0.2, -0.15) is 0 Å². The first kappa shape index (κ1) is 22.4. The van der Waals surface area contributed by atoms with Crippen LogP contribution in [0.1, 0.15) is 42.9 Å². The smallest absolute Gasteiger partial charge is 0.304 e. The number of hydrogen-bond donors (Lipinski definition) is 1. The molecular formula is C22H27F2NO2S. The van der Waals surface area contributed by atoms with Crippen molar-refractivity contribution in [3.8, 4) is 0 Å². The Balaban J connectivity index is 2.16. The Hall–Kier alpha value is -1.92. The fraction of sp³-hybridized carbons (Fsp3) is 0.409. The molecule has 152 valence electrons. The molecule has 0 radical (unpaired) electrons. The lowest BCUT2D eigenvalue weighted by molar-refractivity contribution is -0.137. The van der Waals surface area contributed by atoms with Gasteiger partial charge in [0.15, 0.2) is 0 Å². The summed E-state index contributed by atoms with van der Waals surface area (Å²) in [4.78, 5) is 14.0. The van der Waals surface area contributed by atoms with Crippen LogP contribution in [0.2, 0.25) is 0 Å². The third-order valence-corrected chi connectivity index (χ3v) is 5.55. The maximum Gasteiger partial charge on any atom is 0.304 e. The first-order valence-electron chi connectivity index (χ1n) is 9.50. The highest BCUT2D eigenvalue weighted by molar-refractivity contribution is 7.99. The molecule has 6 heteroatoms. The van der Waals surface area contributed by atoms with Gasteiger partial charge >= 0.3 is 5.97 Å². The normalized spacial score (nSPS) is 11.2. The molecule has 0 fully saturated rings. The predicted molar refractivity (Wildman–Crippen MR) is 110 cm³/mol. The molecule has 0 spiro atoms. The molecule has 0 aliphatic heterocycles. The van der Waals surface area contributed by atoms with Crippen LogP contribution in [0.3, 0.4) is 0 Å². The molecule has 0 unspecified atom stereocenters. The van der Waals surface area contributed by atoms with E-state index in [-0.39, 0.29) is 25.1 Å². The lowest BCUT2D eigenvalue weighted by Crippen LogP contribution is -2.27. The summed E-state index contributed by atoms with van der Waals surface area (Å²) in [6.07, 6.45) is 2.20. The summed E-state index contributed by atoms with van der Waals surface area (Å²) in [5.74, 6) is -1.06. The number of unbranched alkanes of at least 4 members (excludes halogenated alkanes) is 1. The Morgan fingerprint density at radius 1 is 1.18 bits per heavy atom. The number of carboxylic acid groups (broad SMARTS) is 1. The number of hydrogen-bond acceptors (Lipinski definition) is 3. The molecule has 0 aromatic heterocycles. The molecule has 3 nitrogen and oxygen atoms in total. The minimum absolute atomic E-state index is 0.0149. The molecule has 0 amide bonds. The molecular weight excluding hydrogens is 380 g/mol. The molecule has 0 saturated carbocycles. The van der Waals surface area contributed by atoms with Gasteiger partial charge in [-0.3, -0.25) is 9.69 Å². The lowest BCUT2D eigenvalue weighted by Gasteiger charge is -2.23. The number of carbonyl (C=O) groups is 1. The molecule has 0 atom stereocenters. The molecule has 2 rings (SSSR count). The topological polar surface area (TPSA) is 40.5 Å². The Bertz CT molecular complexity index is 798. The van der Waals surface area contributed by atoms with E-state index in [4.69, 9.17) is 5.11 Å². The van der Waals surface area contributed by atoms with Crippen molar-refractivity contribution in [3.05, 3.63) is 64.7 Å². The highest BCUT2D eigenvalue weighted by Gasteiger charge is 2.17. The predicted octanol–water partition coefficient (Wildman–Crippen LogP) is 5.64. The molecule has 2 aromatic carbocycles. The van der Waals surface area contributed by atoms with Crippen LogP contribution in [-0.4, -0.2) is 28.3 Å². The minimum Gasteiger partial charge on any atom is -0.481 e. The number of carboxylic acids is 1. The summed E-state index contributed by atoms with van der Waals surface area (Å²) in [5.41, 5.74) is 1.36. The van der Waals surface area contributed by atoms with Gasteiger partial charge in [-0.05, 0) is 48.4 Å². The van der Waals surface area contributed by atoms with E-state index >= 15 is 0 Å². The van der Waals surface area contributed by atoms with Crippen LogP contribution in [-0.2, 0) is 17.9 Å². The molecule has 28 heavy (non-hydrogen) atoms. The summed E-state index contributed by atoms with van der Waals surface area (Å²) >= 11 is 1.78. The van der Waals surface area contributed by atoms with E-state index in [1.807, 2.05) is 18.2 Å². The molecule has 0 aliphatic carbocycles. The Morgan fingerprint density at radius 3 is 2.68 bits per heavy atom. The van der Waals surface area contributed by atoms with Crippen LogP contribution in [0.4, 0.5) is 8.78 Å². The molecule has 0 bridgehead atoms. The van der Waals surface area contributed by atoms with Crippen molar-refractivity contribution in [2.24, 2.45) is 0 Å². The van der Waals surface area contributed by atoms with Gasteiger partial charge < -0.3 is 5.11 Å². The van der Waals surface area contributed by atoms with E-state index in [1.54, 1.807) is 23.6 Å². The average Bonchev–Trinajstić information content (AvgIpc) is 2.66. The second-order valence-corrected chi connectivity index (χ2v) is 8.03. The maximum atomic E-state index is 14.4. The van der Waals surface area contributed by atoms with Crippen molar-refractivity contribution in [2.45, 2.75) is 51.1 Å². The third-order valence-electron chi connectivity index (χ3n) is 4.47. The zero-order valence-corrected chi connectivity index (χ0v) is 17.2. The van der Waals surface area contributed by atoms with Gasteiger partial charge in [-0.25, -0.2) is 8.78 Å². The van der Waals surface area contributed by atoms with Gasteiger partial charge in [0.2, 0.25) is 0 Å². The van der Waals surface area contributed by atoms with Crippen molar-refractivity contribution < 1.29 is 18.7 Å². The lowest BCUT2D eigenvalue weighted by atomic mass is 10.1. The van der Waals surface area contributed by atoms with Crippen LogP contribution in [0, 0.1) is 18.6 Å². The highest BCUT2D eigenvalue weighted by atomic mass is 32.2. The van der Waals surface area contributed by atoms with Crippen molar-refractivity contribution in [2.75, 3.05) is 12.3 Å². The van der Waals surface area contributed by atoms with Gasteiger partial charge in [-0.1, -0.05) is 31.5 Å². The Kier molecular flexibility index (Phi) is 8.93. The third kappa shape index (κ3) is 6.91. The van der Waals surface area contributed by atoms with Gasteiger partial charge in [0, 0.05) is 30.1 Å². The quantitative estimate of drug-likeness (QED) is 0.386. The number of halogens is 2. The van der Waals surface area contributed by atoms with Crippen molar-refractivity contribution in [1.29, 1.82) is 0 Å². The molecule has 0 saturated heterocycles. The van der Waals surface area contributed by atoms with Crippen LogP contribution in [0.15, 0.2) is 41.3 Å². The van der Waals surface area contributed by atoms with E-state index in [0.29, 0.717) is 12.1 Å². The second-order valence-electron chi connectivity index (χ2n) is 6.86. The monoisotopic (exact) mass is 407 g/mol. The summed E-state index contributed by atoms with van der Waals surface area (Å²) in [7, 11) is 0. The number of rotatable bonds is 11. The van der Waals surface area contributed by atoms with E-state index < -0.39 is 17.6 Å². The van der Waals surface area contributed by atoms with E-state index in [2.05, 4.69) is 13.0 Å². The van der Waals surface area contributed by atoms with Crippen molar-refractivity contribution >= 4 is 17.7 Å². The van der Waals surface area contributed by atoms with Gasteiger partial charge in [0.25, 0.3) is 0 Å². The summed E-state index contributed by atoms with van der Waals surface area (Å²) in [6, 6.07) is 10.7. The fourth-order valence-electron chi connectivity index (χ4n) is 2.88. The fourth-order valence-corrected chi connectivity index (χ4v) is 3.96. The standard InChI is InChI=1S/C22H27F2NO2S/c1-3-4-12-28-18-7-5-6-17(13-18)14-25(11-10-21(26)27)15-19-20(23)9-8-16(2)22(19)24/h5-9,13H,3-4,10-12,14-15H2,1-2H3,(H,26,27). The Labute approximate surface area is 169 Å². The first-order valence-corrected chi connectivity index (χ1v) is 10.5. The Morgan fingerprint density at radius 2 is 1.96 bits per heavy atom. The van der Waals surface area contributed by atoms with Crippen LogP contribution in [0.25, 0.3) is 0 Å². The van der Waals surface area contributed by atoms with Crippen LogP contribution >= 0.6 is 11.8 Å². The molecule has 2 aromatic rings. The zero-order chi connectivity index (χ0) is 20.5. The van der Waals surface area contributed by atoms with Crippen LogP contribution < -0.4 is 0 Å². The van der Waals surface area contributed by atoms with Crippen molar-refractivity contribution in [1.82, 2.24) is 4.90 Å². The number of aliphatic carboxylic acids is 1. The van der Waals surface area contributed by atoms with Gasteiger partial charge in [0.1, 0.15) is 11.6 Å². The number of nitrogens with zero attached hydrogens (tertiary/aromatic N) is 1. The minimum atomic E-state index is -0.931. The first-order chi connectivity index (χ1) is 13.4. The molecule has 1 N–H and O–H groups in total. The number of thioether (sulfide) groups is 1. The largest absolute Gasteiger partial charge is 0.481 e. The summed E-state index contributed by atoms with van der Waals surface area (Å²) < 4.78 is 28.6. The summed E-state index contributed by atoms with van der Waals surface area (Å²) in [5, 5.41) is 9.03. The van der Waals surface area contributed by atoms with E-state index in [0.717, 1.165) is 29.1 Å². The van der Waals surface area contributed by atoms with E-state index in [1.165, 1.54) is 12.1 Å². The van der Waals surface area contributed by atoms with Gasteiger partial charge in [0.05, 0.1) is 6.42 Å². The maximum absolute atomic E-state index is 14.4. The van der Waals surface area contributed by atoms with Gasteiger partial charge in [-0.15, -0.1) is 11.8 Å². The number of benzene rings is 2. The average molecular weight is 408 g/mol. The molecule has 0 heterocycles. The highest BCUT2D eigenvalue weighted by Crippen LogP contribution is 2.23. The van der Waals surface area contributed by atoms with E-state index in [9.17, 15) is 13.6 Å². The molecule has 0 aliphatic rings. The summed E-state index contributed by atoms with van der Waals surface area (Å²) in [6.45, 7) is 4.43. The van der Waals surface area contributed by atoms with Crippen LogP contribution in [0.5, 0.6) is 0 Å². The van der Waals surface area contributed by atoms with Crippen molar-refractivity contribution in [3.63, 3.8) is 0 Å². The number of aryl methyl sites for hydroxylation is 1. The second kappa shape index (κ2) is 11.2.